The number of aromatic nitrogens is 1. The molecule has 3 nitrogen and oxygen atoms in total. The van der Waals surface area contributed by atoms with Crippen LogP contribution in [0.1, 0.15) is 23.0 Å². The molecule has 0 saturated heterocycles. The normalized spacial score (nSPS) is 10.4. The standard InChI is InChI=1S/C15H15NO2S2/c1-10(2)7-19-8-11-5-3-4-6-12(11)14-16-13(9-20-14)15(17)18/h3-6,9H,1,7-8H2,2H3,(H,17,18). The molecule has 2 aromatic rings. The molecule has 20 heavy (non-hydrogen) atoms. The fourth-order valence-electron chi connectivity index (χ4n) is 1.69. The van der Waals surface area contributed by atoms with Crippen molar-refractivity contribution in [2.45, 2.75) is 12.7 Å². The van der Waals surface area contributed by atoms with Crippen LogP contribution in [0.5, 0.6) is 0 Å². The largest absolute Gasteiger partial charge is 0.476 e. The van der Waals surface area contributed by atoms with Crippen LogP contribution in [0, 0.1) is 0 Å². The van der Waals surface area contributed by atoms with Gasteiger partial charge < -0.3 is 5.11 Å². The molecule has 0 aliphatic carbocycles. The zero-order valence-corrected chi connectivity index (χ0v) is 12.8. The summed E-state index contributed by atoms with van der Waals surface area (Å²) in [7, 11) is 0. The van der Waals surface area contributed by atoms with Crippen molar-refractivity contribution >= 4 is 29.1 Å². The second kappa shape index (κ2) is 6.72. The van der Waals surface area contributed by atoms with Gasteiger partial charge >= 0.3 is 5.97 Å². The Labute approximate surface area is 126 Å². The number of carboxylic acids is 1. The van der Waals surface area contributed by atoms with Crippen LogP contribution < -0.4 is 0 Å². The topological polar surface area (TPSA) is 50.2 Å². The third-order valence-electron chi connectivity index (χ3n) is 2.58. The Balaban J connectivity index is 2.22. The lowest BCUT2D eigenvalue weighted by atomic mass is 10.1. The SMILES string of the molecule is C=C(C)CSCc1ccccc1-c1nc(C(=O)O)cs1. The maximum absolute atomic E-state index is 10.9. The van der Waals surface area contributed by atoms with E-state index in [9.17, 15) is 4.79 Å². The molecule has 1 aromatic heterocycles. The first-order valence-corrected chi connectivity index (χ1v) is 8.10. The summed E-state index contributed by atoms with van der Waals surface area (Å²) >= 11 is 3.16. The first kappa shape index (κ1) is 14.8. The number of aromatic carboxylic acids is 1. The van der Waals surface area contributed by atoms with Crippen molar-refractivity contribution in [3.05, 3.63) is 53.1 Å². The fourth-order valence-corrected chi connectivity index (χ4v) is 3.46. The van der Waals surface area contributed by atoms with Crippen molar-refractivity contribution in [1.29, 1.82) is 0 Å². The highest BCUT2D eigenvalue weighted by Gasteiger charge is 2.12. The van der Waals surface area contributed by atoms with Gasteiger partial charge in [0.15, 0.2) is 5.69 Å². The summed E-state index contributed by atoms with van der Waals surface area (Å²) in [5, 5.41) is 11.3. The van der Waals surface area contributed by atoms with E-state index in [0.717, 1.165) is 27.6 Å². The van der Waals surface area contributed by atoms with Gasteiger partial charge in [-0.05, 0) is 12.5 Å². The minimum Gasteiger partial charge on any atom is -0.476 e. The third-order valence-corrected chi connectivity index (χ3v) is 4.66. The Hall–Kier alpha value is -1.59. The predicted octanol–water partition coefficient (Wildman–Crippen LogP) is 4.32. The number of nitrogens with zero attached hydrogens (tertiary/aromatic N) is 1. The van der Waals surface area contributed by atoms with Crippen LogP contribution in [0.15, 0.2) is 41.8 Å². The Morgan fingerprint density at radius 2 is 2.20 bits per heavy atom. The molecule has 0 unspecified atom stereocenters. The number of rotatable bonds is 6. The third kappa shape index (κ3) is 3.71. The number of thioether (sulfide) groups is 1. The maximum Gasteiger partial charge on any atom is 0.355 e. The highest BCUT2D eigenvalue weighted by atomic mass is 32.2. The van der Waals surface area contributed by atoms with Crippen molar-refractivity contribution < 1.29 is 9.90 Å². The Bertz CT molecular complexity index is 634. The number of carbonyl (C=O) groups is 1. The molecular formula is C15H15NO2S2. The summed E-state index contributed by atoms with van der Waals surface area (Å²) < 4.78 is 0. The van der Waals surface area contributed by atoms with Gasteiger partial charge in [0.05, 0.1) is 0 Å². The maximum atomic E-state index is 10.9. The van der Waals surface area contributed by atoms with Crippen LogP contribution in [-0.4, -0.2) is 21.8 Å². The summed E-state index contributed by atoms with van der Waals surface area (Å²) in [6, 6.07) is 7.99. The molecule has 0 fully saturated rings. The average Bonchev–Trinajstić information content (AvgIpc) is 2.88. The Morgan fingerprint density at radius 1 is 1.45 bits per heavy atom. The molecule has 1 aromatic carbocycles. The second-order valence-electron chi connectivity index (χ2n) is 4.45. The molecule has 0 amide bonds. The molecule has 0 spiro atoms. The Kier molecular flexibility index (Phi) is 4.98. The molecule has 0 aliphatic heterocycles. The summed E-state index contributed by atoms with van der Waals surface area (Å²) in [6.07, 6.45) is 0. The minimum atomic E-state index is -0.985. The minimum absolute atomic E-state index is 0.106. The predicted molar refractivity (Wildman–Crippen MR) is 85.5 cm³/mol. The van der Waals surface area contributed by atoms with Crippen molar-refractivity contribution in [2.24, 2.45) is 0 Å². The van der Waals surface area contributed by atoms with E-state index in [1.165, 1.54) is 16.9 Å². The van der Waals surface area contributed by atoms with Crippen molar-refractivity contribution in [3.63, 3.8) is 0 Å². The van der Waals surface area contributed by atoms with Gasteiger partial charge in [-0.15, -0.1) is 11.3 Å². The number of hydrogen-bond acceptors (Lipinski definition) is 4. The molecule has 1 heterocycles. The van der Waals surface area contributed by atoms with Crippen LogP contribution in [-0.2, 0) is 5.75 Å². The summed E-state index contributed by atoms with van der Waals surface area (Å²) in [5.74, 6) is 0.805. The van der Waals surface area contributed by atoms with Crippen molar-refractivity contribution in [3.8, 4) is 10.6 Å². The first-order valence-electron chi connectivity index (χ1n) is 6.07. The van der Waals surface area contributed by atoms with Gasteiger partial charge in [0.25, 0.3) is 0 Å². The van der Waals surface area contributed by atoms with Crippen molar-refractivity contribution in [2.75, 3.05) is 5.75 Å². The summed E-state index contributed by atoms with van der Waals surface area (Å²) in [4.78, 5) is 15.1. The van der Waals surface area contributed by atoms with Gasteiger partial charge in [-0.1, -0.05) is 36.4 Å². The van der Waals surface area contributed by atoms with Crippen LogP contribution >= 0.6 is 23.1 Å². The summed E-state index contributed by atoms with van der Waals surface area (Å²) in [6.45, 7) is 5.91. The summed E-state index contributed by atoms with van der Waals surface area (Å²) in [5.41, 5.74) is 3.44. The first-order chi connectivity index (χ1) is 9.58. The van der Waals surface area contributed by atoms with E-state index in [1.54, 1.807) is 17.1 Å². The second-order valence-corrected chi connectivity index (χ2v) is 6.29. The zero-order valence-electron chi connectivity index (χ0n) is 11.1. The molecule has 2 rings (SSSR count). The van der Waals surface area contributed by atoms with E-state index >= 15 is 0 Å². The molecule has 1 N–H and O–H groups in total. The van der Waals surface area contributed by atoms with Gasteiger partial charge in [-0.2, -0.15) is 11.8 Å². The van der Waals surface area contributed by atoms with E-state index in [1.807, 2.05) is 25.1 Å². The number of thiazole rings is 1. The van der Waals surface area contributed by atoms with Crippen molar-refractivity contribution in [1.82, 2.24) is 4.98 Å². The number of benzene rings is 1. The highest BCUT2D eigenvalue weighted by Crippen LogP contribution is 2.29. The smallest absolute Gasteiger partial charge is 0.355 e. The number of hydrogen-bond donors (Lipinski definition) is 1. The van der Waals surface area contributed by atoms with Gasteiger partial charge in [-0.25, -0.2) is 9.78 Å². The lowest BCUT2D eigenvalue weighted by Gasteiger charge is -2.07. The average molecular weight is 305 g/mol. The molecule has 104 valence electrons. The van der Waals surface area contributed by atoms with Gasteiger partial charge in [0.2, 0.25) is 0 Å². The van der Waals surface area contributed by atoms with Gasteiger partial charge in [0, 0.05) is 22.4 Å². The highest BCUT2D eigenvalue weighted by molar-refractivity contribution is 7.98. The number of carboxylic acid groups (broad SMARTS) is 1. The van der Waals surface area contributed by atoms with Crippen LogP contribution in [0.25, 0.3) is 10.6 Å². The van der Waals surface area contributed by atoms with E-state index in [2.05, 4.69) is 17.6 Å². The van der Waals surface area contributed by atoms with E-state index < -0.39 is 5.97 Å². The molecule has 0 bridgehead atoms. The van der Waals surface area contributed by atoms with Crippen LogP contribution in [0.2, 0.25) is 0 Å². The molecule has 0 atom stereocenters. The molecular weight excluding hydrogens is 290 g/mol. The van der Waals surface area contributed by atoms with Crippen LogP contribution in [0.4, 0.5) is 0 Å². The molecule has 0 saturated carbocycles. The van der Waals surface area contributed by atoms with E-state index in [0.29, 0.717) is 0 Å². The lowest BCUT2D eigenvalue weighted by molar-refractivity contribution is 0.0691. The quantitative estimate of drug-likeness (QED) is 0.808. The van der Waals surface area contributed by atoms with E-state index in [-0.39, 0.29) is 5.69 Å². The van der Waals surface area contributed by atoms with E-state index in [4.69, 9.17) is 5.11 Å². The monoisotopic (exact) mass is 305 g/mol. The zero-order chi connectivity index (χ0) is 14.5. The molecule has 0 aliphatic rings. The Morgan fingerprint density at radius 3 is 2.85 bits per heavy atom. The molecule has 5 heteroatoms. The lowest BCUT2D eigenvalue weighted by Crippen LogP contribution is -1.96. The van der Waals surface area contributed by atoms with Gasteiger partial charge in [-0.3, -0.25) is 0 Å². The van der Waals surface area contributed by atoms with Crippen LogP contribution in [0.3, 0.4) is 0 Å². The van der Waals surface area contributed by atoms with Gasteiger partial charge in [0.1, 0.15) is 5.01 Å². The molecule has 0 radical (unpaired) electrons. The fraction of sp³-hybridized carbons (Fsp3) is 0.200.